The van der Waals surface area contributed by atoms with Gasteiger partial charge in [0.25, 0.3) is 5.56 Å². The third-order valence-electron chi connectivity index (χ3n) is 4.19. The molecule has 1 aromatic heterocycles. The average molecular weight is 248 g/mol. The lowest BCUT2D eigenvalue weighted by atomic mass is 10.1. The van der Waals surface area contributed by atoms with Gasteiger partial charge in [0, 0.05) is 44.0 Å². The van der Waals surface area contributed by atoms with E-state index in [1.54, 1.807) is 0 Å². The lowest BCUT2D eigenvalue weighted by Gasteiger charge is -2.46. The predicted molar refractivity (Wildman–Crippen MR) is 69.7 cm³/mol. The molecule has 0 saturated carbocycles. The highest BCUT2D eigenvalue weighted by atomic mass is 16.1. The molecule has 4 heterocycles. The lowest BCUT2D eigenvalue weighted by molar-refractivity contribution is 0.00846. The highest BCUT2D eigenvalue weighted by Gasteiger charge is 2.34. The zero-order valence-electron chi connectivity index (χ0n) is 11.1. The molecular formula is C13H20N4O. The zero-order chi connectivity index (χ0) is 12.7. The third kappa shape index (κ3) is 1.87. The van der Waals surface area contributed by atoms with Gasteiger partial charge in [0.15, 0.2) is 0 Å². The van der Waals surface area contributed by atoms with Gasteiger partial charge in [-0.05, 0) is 13.3 Å². The van der Waals surface area contributed by atoms with E-state index in [0.717, 1.165) is 56.2 Å². The average Bonchev–Trinajstić information content (AvgIpc) is 2.39. The smallest absolute Gasteiger partial charge is 0.254 e. The summed E-state index contributed by atoms with van der Waals surface area (Å²) in [7, 11) is 0. The Bertz CT molecular complexity index is 502. The van der Waals surface area contributed by atoms with E-state index < -0.39 is 0 Å². The molecule has 4 rings (SSSR count). The number of piperazine rings is 3. The monoisotopic (exact) mass is 248 g/mol. The van der Waals surface area contributed by atoms with Crippen molar-refractivity contribution in [1.29, 1.82) is 0 Å². The SMILES string of the molecule is CCc1c(C)nc(C2CN3CCN2CC3)[nH]c1=O. The summed E-state index contributed by atoms with van der Waals surface area (Å²) in [5, 5.41) is 0. The maximum Gasteiger partial charge on any atom is 0.254 e. The molecule has 1 aromatic rings. The molecule has 5 heteroatoms. The van der Waals surface area contributed by atoms with Gasteiger partial charge in [-0.25, -0.2) is 4.98 Å². The molecule has 0 aliphatic carbocycles. The molecule has 5 nitrogen and oxygen atoms in total. The highest BCUT2D eigenvalue weighted by molar-refractivity contribution is 5.18. The Morgan fingerprint density at radius 3 is 2.56 bits per heavy atom. The summed E-state index contributed by atoms with van der Waals surface area (Å²) in [5.74, 6) is 0.846. The van der Waals surface area contributed by atoms with Crippen molar-refractivity contribution in [2.24, 2.45) is 0 Å². The van der Waals surface area contributed by atoms with Gasteiger partial charge < -0.3 is 4.98 Å². The van der Waals surface area contributed by atoms with Gasteiger partial charge in [0.05, 0.1) is 6.04 Å². The summed E-state index contributed by atoms with van der Waals surface area (Å²) in [5.41, 5.74) is 1.74. The van der Waals surface area contributed by atoms with E-state index in [-0.39, 0.29) is 11.6 Å². The molecule has 0 aromatic carbocycles. The summed E-state index contributed by atoms with van der Waals surface area (Å²) >= 11 is 0. The Morgan fingerprint density at radius 2 is 2.06 bits per heavy atom. The topological polar surface area (TPSA) is 52.2 Å². The van der Waals surface area contributed by atoms with Crippen molar-refractivity contribution in [3.8, 4) is 0 Å². The quantitative estimate of drug-likeness (QED) is 0.818. The van der Waals surface area contributed by atoms with Gasteiger partial charge >= 0.3 is 0 Å². The zero-order valence-corrected chi connectivity index (χ0v) is 11.1. The molecule has 0 amide bonds. The number of H-pyrrole nitrogens is 1. The Balaban J connectivity index is 1.95. The van der Waals surface area contributed by atoms with Crippen LogP contribution in [0.25, 0.3) is 0 Å². The van der Waals surface area contributed by atoms with Crippen LogP contribution in [0.15, 0.2) is 4.79 Å². The molecule has 18 heavy (non-hydrogen) atoms. The molecule has 3 fully saturated rings. The molecule has 0 radical (unpaired) electrons. The number of rotatable bonds is 2. The van der Waals surface area contributed by atoms with Gasteiger partial charge in [-0.15, -0.1) is 0 Å². The molecule has 2 bridgehead atoms. The summed E-state index contributed by atoms with van der Waals surface area (Å²) in [4.78, 5) is 24.5. The van der Waals surface area contributed by atoms with Crippen molar-refractivity contribution >= 4 is 0 Å². The largest absolute Gasteiger partial charge is 0.309 e. The fraction of sp³-hybridized carbons (Fsp3) is 0.692. The van der Waals surface area contributed by atoms with Crippen LogP contribution < -0.4 is 5.56 Å². The van der Waals surface area contributed by atoms with Gasteiger partial charge in [-0.1, -0.05) is 6.92 Å². The fourth-order valence-electron chi connectivity index (χ4n) is 3.08. The second kappa shape index (κ2) is 4.48. The second-order valence-corrected chi connectivity index (χ2v) is 5.22. The first-order valence-electron chi connectivity index (χ1n) is 6.75. The molecule has 98 valence electrons. The normalized spacial score (nSPS) is 30.7. The van der Waals surface area contributed by atoms with Crippen LogP contribution in [-0.2, 0) is 6.42 Å². The summed E-state index contributed by atoms with van der Waals surface area (Å²) in [6, 6.07) is 0.268. The van der Waals surface area contributed by atoms with E-state index in [4.69, 9.17) is 0 Å². The van der Waals surface area contributed by atoms with Crippen molar-refractivity contribution in [3.63, 3.8) is 0 Å². The number of hydrogen-bond donors (Lipinski definition) is 1. The number of hydrogen-bond acceptors (Lipinski definition) is 4. The van der Waals surface area contributed by atoms with Crippen molar-refractivity contribution < 1.29 is 0 Å². The van der Waals surface area contributed by atoms with Gasteiger partial charge in [0.1, 0.15) is 5.82 Å². The van der Waals surface area contributed by atoms with Crippen LogP contribution in [0.3, 0.4) is 0 Å². The van der Waals surface area contributed by atoms with Crippen LogP contribution in [0.5, 0.6) is 0 Å². The molecule has 3 saturated heterocycles. The summed E-state index contributed by atoms with van der Waals surface area (Å²) < 4.78 is 0. The van der Waals surface area contributed by atoms with Crippen LogP contribution in [0, 0.1) is 6.92 Å². The van der Waals surface area contributed by atoms with Crippen LogP contribution in [0.1, 0.15) is 30.0 Å². The van der Waals surface area contributed by atoms with Crippen LogP contribution in [0.2, 0.25) is 0 Å². The molecule has 1 N–H and O–H groups in total. The molecule has 1 unspecified atom stereocenters. The first-order valence-corrected chi connectivity index (χ1v) is 6.75. The van der Waals surface area contributed by atoms with Crippen molar-refractivity contribution in [2.45, 2.75) is 26.3 Å². The van der Waals surface area contributed by atoms with E-state index in [0.29, 0.717) is 0 Å². The second-order valence-electron chi connectivity index (χ2n) is 5.22. The Hall–Kier alpha value is -1.20. The minimum absolute atomic E-state index is 0.0395. The third-order valence-corrected chi connectivity index (χ3v) is 4.19. The maximum absolute atomic E-state index is 12.0. The van der Waals surface area contributed by atoms with E-state index in [1.165, 1.54) is 0 Å². The van der Waals surface area contributed by atoms with Crippen molar-refractivity contribution in [1.82, 2.24) is 19.8 Å². The number of aromatic amines is 1. The molecule has 1 atom stereocenters. The Kier molecular flexibility index (Phi) is 2.95. The molecule has 3 aliphatic rings. The van der Waals surface area contributed by atoms with E-state index in [2.05, 4.69) is 19.8 Å². The summed E-state index contributed by atoms with van der Waals surface area (Å²) in [6.07, 6.45) is 0.745. The predicted octanol–water partition coefficient (Wildman–Crippen LogP) is 0.313. The van der Waals surface area contributed by atoms with Crippen LogP contribution in [0.4, 0.5) is 0 Å². The van der Waals surface area contributed by atoms with Crippen LogP contribution >= 0.6 is 0 Å². The molecular weight excluding hydrogens is 228 g/mol. The minimum atomic E-state index is 0.0395. The van der Waals surface area contributed by atoms with E-state index in [9.17, 15) is 4.79 Å². The Labute approximate surface area is 107 Å². The summed E-state index contributed by atoms with van der Waals surface area (Å²) in [6.45, 7) is 9.39. The van der Waals surface area contributed by atoms with Gasteiger partial charge in [-0.2, -0.15) is 0 Å². The number of aryl methyl sites for hydroxylation is 1. The first kappa shape index (κ1) is 11.9. The fourth-order valence-corrected chi connectivity index (χ4v) is 3.08. The van der Waals surface area contributed by atoms with Crippen molar-refractivity contribution in [2.75, 3.05) is 32.7 Å². The molecule has 3 aliphatic heterocycles. The van der Waals surface area contributed by atoms with Crippen LogP contribution in [-0.4, -0.2) is 52.5 Å². The number of nitrogens with one attached hydrogen (secondary N) is 1. The first-order chi connectivity index (χ1) is 8.69. The van der Waals surface area contributed by atoms with E-state index in [1.807, 2.05) is 13.8 Å². The minimum Gasteiger partial charge on any atom is -0.309 e. The lowest BCUT2D eigenvalue weighted by Crippen LogP contribution is -2.57. The maximum atomic E-state index is 12.0. The highest BCUT2D eigenvalue weighted by Crippen LogP contribution is 2.26. The van der Waals surface area contributed by atoms with Gasteiger partial charge in [0.2, 0.25) is 0 Å². The molecule has 0 spiro atoms. The Morgan fingerprint density at radius 1 is 1.33 bits per heavy atom. The number of fused-ring (bicyclic) bond motifs is 3. The number of nitrogens with zero attached hydrogens (tertiary/aromatic N) is 3. The van der Waals surface area contributed by atoms with E-state index >= 15 is 0 Å². The number of aromatic nitrogens is 2. The van der Waals surface area contributed by atoms with Crippen molar-refractivity contribution in [3.05, 3.63) is 27.4 Å². The standard InChI is InChI=1S/C13H20N4O/c1-3-10-9(2)14-12(15-13(10)18)11-8-16-4-6-17(11)7-5-16/h11H,3-8H2,1-2H3,(H,14,15,18). The van der Waals surface area contributed by atoms with Gasteiger partial charge in [-0.3, -0.25) is 14.6 Å².